The van der Waals surface area contributed by atoms with Crippen LogP contribution >= 0.6 is 0 Å². The average molecular weight is 327 g/mol. The Morgan fingerprint density at radius 2 is 2.08 bits per heavy atom. The van der Waals surface area contributed by atoms with E-state index in [9.17, 15) is 5.11 Å². The lowest BCUT2D eigenvalue weighted by atomic mass is 10.1. The van der Waals surface area contributed by atoms with Crippen LogP contribution < -0.4 is 14.8 Å². The maximum Gasteiger partial charge on any atom is 0.124 e. The molecule has 3 aromatic rings. The number of fused-ring (bicyclic) bond motifs is 1. The van der Waals surface area contributed by atoms with Crippen LogP contribution in [0.4, 0.5) is 0 Å². The molecule has 1 heterocycles. The maximum atomic E-state index is 10.5. The highest BCUT2D eigenvalue weighted by atomic mass is 16.5. The standard InChI is InChI=1S/C18H21N3O3/c1-23-14-6-7-17(24-2)15(8-14)16(22)11-19-9-12-4-3-5-13-10-20-21-18(12)13/h3-8,10,16,19,22H,9,11H2,1-2H3,(H,20,21). The highest BCUT2D eigenvalue weighted by molar-refractivity contribution is 5.81. The van der Waals surface area contributed by atoms with E-state index in [4.69, 9.17) is 9.47 Å². The summed E-state index contributed by atoms with van der Waals surface area (Å²) in [6.07, 6.45) is 1.10. The third-order valence-electron chi connectivity index (χ3n) is 4.01. The van der Waals surface area contributed by atoms with Crippen molar-refractivity contribution in [2.75, 3.05) is 20.8 Å². The number of ether oxygens (including phenoxy) is 2. The molecule has 1 unspecified atom stereocenters. The summed E-state index contributed by atoms with van der Waals surface area (Å²) in [6, 6.07) is 11.4. The third-order valence-corrected chi connectivity index (χ3v) is 4.01. The first-order chi connectivity index (χ1) is 11.7. The Bertz CT molecular complexity index is 816. The second-order valence-electron chi connectivity index (χ2n) is 5.51. The number of aliphatic hydroxyl groups excluding tert-OH is 1. The van der Waals surface area contributed by atoms with Crippen molar-refractivity contribution < 1.29 is 14.6 Å². The van der Waals surface area contributed by atoms with E-state index in [2.05, 4.69) is 15.5 Å². The fourth-order valence-electron chi connectivity index (χ4n) is 2.73. The molecule has 0 bridgehead atoms. The molecule has 126 valence electrons. The van der Waals surface area contributed by atoms with E-state index in [1.165, 1.54) is 0 Å². The lowest BCUT2D eigenvalue weighted by molar-refractivity contribution is 0.169. The predicted octanol–water partition coefficient (Wildman–Crippen LogP) is 2.40. The van der Waals surface area contributed by atoms with Crippen molar-refractivity contribution in [1.82, 2.24) is 15.5 Å². The first-order valence-electron chi connectivity index (χ1n) is 7.74. The zero-order valence-electron chi connectivity index (χ0n) is 13.7. The van der Waals surface area contributed by atoms with Gasteiger partial charge in [0.05, 0.1) is 32.0 Å². The van der Waals surface area contributed by atoms with Crippen LogP contribution in [0, 0.1) is 0 Å². The van der Waals surface area contributed by atoms with Crippen molar-refractivity contribution in [3.05, 3.63) is 53.7 Å². The van der Waals surface area contributed by atoms with Crippen molar-refractivity contribution in [2.24, 2.45) is 0 Å². The first-order valence-corrected chi connectivity index (χ1v) is 7.74. The van der Waals surface area contributed by atoms with Gasteiger partial charge in [0, 0.05) is 24.0 Å². The van der Waals surface area contributed by atoms with Crippen LogP contribution in [0.3, 0.4) is 0 Å². The number of rotatable bonds is 7. The number of nitrogens with zero attached hydrogens (tertiary/aromatic N) is 1. The largest absolute Gasteiger partial charge is 0.497 e. The number of aliphatic hydroxyl groups is 1. The molecule has 0 amide bonds. The number of benzene rings is 2. The number of methoxy groups -OCH3 is 2. The highest BCUT2D eigenvalue weighted by Gasteiger charge is 2.14. The smallest absolute Gasteiger partial charge is 0.124 e. The zero-order valence-corrected chi connectivity index (χ0v) is 13.7. The van der Waals surface area contributed by atoms with E-state index in [-0.39, 0.29) is 0 Å². The number of H-pyrrole nitrogens is 1. The normalized spacial score (nSPS) is 12.3. The van der Waals surface area contributed by atoms with Crippen molar-refractivity contribution >= 4 is 10.9 Å². The predicted molar refractivity (Wildman–Crippen MR) is 92.3 cm³/mol. The monoisotopic (exact) mass is 327 g/mol. The minimum absolute atomic E-state index is 0.397. The molecule has 3 rings (SSSR count). The summed E-state index contributed by atoms with van der Waals surface area (Å²) in [6.45, 7) is 1.02. The van der Waals surface area contributed by atoms with Crippen molar-refractivity contribution in [3.63, 3.8) is 0 Å². The number of aromatic nitrogens is 2. The number of nitrogens with one attached hydrogen (secondary N) is 2. The summed E-state index contributed by atoms with van der Waals surface area (Å²) in [5.41, 5.74) is 2.82. The second kappa shape index (κ2) is 7.33. The van der Waals surface area contributed by atoms with E-state index in [1.807, 2.05) is 18.2 Å². The molecule has 1 aromatic heterocycles. The van der Waals surface area contributed by atoms with E-state index < -0.39 is 6.10 Å². The lowest BCUT2D eigenvalue weighted by Crippen LogP contribution is -2.21. The average Bonchev–Trinajstić information content (AvgIpc) is 3.10. The SMILES string of the molecule is COc1ccc(OC)c(C(O)CNCc2cccc3cn[nH]c23)c1. The van der Waals surface area contributed by atoms with E-state index >= 15 is 0 Å². The van der Waals surface area contributed by atoms with Crippen LogP contribution in [0.1, 0.15) is 17.2 Å². The van der Waals surface area contributed by atoms with Gasteiger partial charge < -0.3 is 19.9 Å². The summed E-state index contributed by atoms with van der Waals surface area (Å²) in [4.78, 5) is 0. The van der Waals surface area contributed by atoms with Gasteiger partial charge in [-0.1, -0.05) is 18.2 Å². The van der Waals surface area contributed by atoms with Gasteiger partial charge in [-0.15, -0.1) is 0 Å². The number of hydrogen-bond donors (Lipinski definition) is 3. The molecule has 2 aromatic carbocycles. The molecule has 3 N–H and O–H groups in total. The molecule has 0 saturated carbocycles. The van der Waals surface area contributed by atoms with Gasteiger partial charge in [0.25, 0.3) is 0 Å². The minimum atomic E-state index is -0.698. The molecular weight excluding hydrogens is 306 g/mol. The molecule has 6 nitrogen and oxygen atoms in total. The molecule has 6 heteroatoms. The molecule has 0 radical (unpaired) electrons. The summed E-state index contributed by atoms with van der Waals surface area (Å²) in [5, 5.41) is 21.9. The number of aromatic amines is 1. The molecule has 0 aliphatic carbocycles. The third kappa shape index (κ3) is 3.34. The van der Waals surface area contributed by atoms with E-state index in [0.29, 0.717) is 30.2 Å². The number of hydrogen-bond acceptors (Lipinski definition) is 5. The van der Waals surface area contributed by atoms with Gasteiger partial charge in [-0.25, -0.2) is 0 Å². The zero-order chi connectivity index (χ0) is 16.9. The molecular formula is C18H21N3O3. The van der Waals surface area contributed by atoms with Crippen LogP contribution in [0.5, 0.6) is 11.5 Å². The molecule has 0 saturated heterocycles. The molecule has 0 spiro atoms. The Labute approximate surface area is 140 Å². The topological polar surface area (TPSA) is 79.4 Å². The number of para-hydroxylation sites is 1. The summed E-state index contributed by atoms with van der Waals surface area (Å²) in [5.74, 6) is 1.33. The Kier molecular flexibility index (Phi) is 4.98. The Morgan fingerprint density at radius 3 is 2.88 bits per heavy atom. The first kappa shape index (κ1) is 16.3. The van der Waals surface area contributed by atoms with E-state index in [1.54, 1.807) is 38.6 Å². The van der Waals surface area contributed by atoms with Crippen molar-refractivity contribution in [2.45, 2.75) is 12.6 Å². The molecule has 0 fully saturated rings. The maximum absolute atomic E-state index is 10.5. The van der Waals surface area contributed by atoms with Crippen LogP contribution in [0.2, 0.25) is 0 Å². The Balaban J connectivity index is 1.67. The molecule has 24 heavy (non-hydrogen) atoms. The van der Waals surface area contributed by atoms with Crippen molar-refractivity contribution in [1.29, 1.82) is 0 Å². The molecule has 1 atom stereocenters. The van der Waals surface area contributed by atoms with Gasteiger partial charge in [0.1, 0.15) is 11.5 Å². The van der Waals surface area contributed by atoms with Gasteiger partial charge in [-0.05, 0) is 23.8 Å². The van der Waals surface area contributed by atoms with Crippen LogP contribution in [-0.2, 0) is 6.54 Å². The Morgan fingerprint density at radius 1 is 1.21 bits per heavy atom. The van der Waals surface area contributed by atoms with Crippen LogP contribution in [-0.4, -0.2) is 36.1 Å². The quantitative estimate of drug-likeness (QED) is 0.621. The molecule has 0 aliphatic rings. The van der Waals surface area contributed by atoms with Gasteiger partial charge in [0.15, 0.2) is 0 Å². The lowest BCUT2D eigenvalue weighted by Gasteiger charge is -2.16. The van der Waals surface area contributed by atoms with Crippen LogP contribution in [0.25, 0.3) is 10.9 Å². The summed E-state index contributed by atoms with van der Waals surface area (Å²) >= 11 is 0. The minimum Gasteiger partial charge on any atom is -0.497 e. The highest BCUT2D eigenvalue weighted by Crippen LogP contribution is 2.29. The fraction of sp³-hybridized carbons (Fsp3) is 0.278. The molecule has 0 aliphatic heterocycles. The van der Waals surface area contributed by atoms with Crippen LogP contribution in [0.15, 0.2) is 42.6 Å². The van der Waals surface area contributed by atoms with Gasteiger partial charge in [0.2, 0.25) is 0 Å². The van der Waals surface area contributed by atoms with Gasteiger partial charge in [-0.3, -0.25) is 5.10 Å². The summed E-state index contributed by atoms with van der Waals surface area (Å²) < 4.78 is 10.5. The van der Waals surface area contributed by atoms with Crippen molar-refractivity contribution in [3.8, 4) is 11.5 Å². The fourth-order valence-corrected chi connectivity index (χ4v) is 2.73. The Hall–Kier alpha value is -2.57. The van der Waals surface area contributed by atoms with Gasteiger partial charge >= 0.3 is 0 Å². The second-order valence-corrected chi connectivity index (χ2v) is 5.51. The van der Waals surface area contributed by atoms with E-state index in [0.717, 1.165) is 16.5 Å². The van der Waals surface area contributed by atoms with Gasteiger partial charge in [-0.2, -0.15) is 5.10 Å². The summed E-state index contributed by atoms with van der Waals surface area (Å²) in [7, 11) is 3.19.